The second kappa shape index (κ2) is 14.4. The Labute approximate surface area is 165 Å². The summed E-state index contributed by atoms with van der Waals surface area (Å²) < 4.78 is 0. The second-order valence-electron chi connectivity index (χ2n) is 5.84. The van der Waals surface area contributed by atoms with E-state index in [4.69, 9.17) is 17.3 Å². The molecule has 0 radical (unpaired) electrons. The van der Waals surface area contributed by atoms with Gasteiger partial charge >= 0.3 is 6.03 Å². The quantitative estimate of drug-likeness (QED) is 0.376. The van der Waals surface area contributed by atoms with Crippen molar-refractivity contribution < 1.29 is 14.4 Å². The highest BCUT2D eigenvalue weighted by atomic mass is 35.5. The maximum Gasteiger partial charge on any atom is 0.318 e. The number of benzene rings is 1. The Hall–Kier alpha value is -1.73. The first-order chi connectivity index (χ1) is 12.3. The number of urea groups is 1. The lowest BCUT2D eigenvalue weighted by Crippen LogP contribution is -2.38. The van der Waals surface area contributed by atoms with E-state index in [2.05, 4.69) is 37.4 Å². The number of amides is 4. The monoisotopic (exact) mass is 401 g/mol. The van der Waals surface area contributed by atoms with Gasteiger partial charge in [-0.1, -0.05) is 49.9 Å². The molecule has 0 aliphatic heterocycles. The van der Waals surface area contributed by atoms with Crippen LogP contribution in [0.2, 0.25) is 5.02 Å². The van der Waals surface area contributed by atoms with Gasteiger partial charge in [0.25, 0.3) is 0 Å². The molecule has 1 unspecified atom stereocenters. The van der Waals surface area contributed by atoms with Gasteiger partial charge in [0.05, 0.1) is 5.92 Å². The van der Waals surface area contributed by atoms with Crippen LogP contribution in [0.1, 0.15) is 44.6 Å². The molecule has 26 heavy (non-hydrogen) atoms. The minimum Gasteiger partial charge on any atom is -0.369 e. The first-order valence-electron chi connectivity index (χ1n) is 8.54. The summed E-state index contributed by atoms with van der Waals surface area (Å²) in [4.78, 5) is 31.7. The minimum atomic E-state index is -0.951. The van der Waals surface area contributed by atoms with Gasteiger partial charge in [0.1, 0.15) is 0 Å². The van der Waals surface area contributed by atoms with Gasteiger partial charge in [0.15, 0.2) is 0 Å². The van der Waals surface area contributed by atoms with E-state index in [9.17, 15) is 14.4 Å². The van der Waals surface area contributed by atoms with E-state index in [0.717, 1.165) is 5.02 Å². The Kier molecular flexibility index (Phi) is 13.5. The maximum absolute atomic E-state index is 10.9. The Morgan fingerprint density at radius 3 is 2.38 bits per heavy atom. The number of nitrogens with two attached hydrogens (primary N) is 2. The van der Waals surface area contributed by atoms with E-state index in [1.807, 2.05) is 17.4 Å². The van der Waals surface area contributed by atoms with E-state index < -0.39 is 23.8 Å². The van der Waals surface area contributed by atoms with Crippen molar-refractivity contribution in [2.24, 2.45) is 17.4 Å². The third-order valence-corrected chi connectivity index (χ3v) is 4.20. The fraction of sp³-hybridized carbons (Fsp3) is 0.500. The Morgan fingerprint density at radius 1 is 1.19 bits per heavy atom. The van der Waals surface area contributed by atoms with E-state index in [-0.39, 0.29) is 12.2 Å². The average molecular weight is 402 g/mol. The van der Waals surface area contributed by atoms with Crippen LogP contribution in [0.4, 0.5) is 4.79 Å². The van der Waals surface area contributed by atoms with Crippen LogP contribution in [0.3, 0.4) is 0 Å². The normalized spacial score (nSPS) is 11.0. The lowest BCUT2D eigenvalue weighted by Gasteiger charge is -2.08. The molecular formula is C18H28ClN3O3S. The van der Waals surface area contributed by atoms with Gasteiger partial charge in [0.2, 0.25) is 11.8 Å². The molecule has 0 heterocycles. The Bertz CT molecular complexity index is 585. The first kappa shape index (κ1) is 24.3. The number of hydrogen-bond acceptors (Lipinski definition) is 4. The topological polar surface area (TPSA) is 115 Å². The largest absolute Gasteiger partial charge is 0.369 e. The van der Waals surface area contributed by atoms with Crippen molar-refractivity contribution in [1.82, 2.24) is 5.32 Å². The van der Waals surface area contributed by atoms with E-state index in [0.29, 0.717) is 0 Å². The highest BCUT2D eigenvalue weighted by Crippen LogP contribution is 2.13. The van der Waals surface area contributed by atoms with Gasteiger partial charge in [-0.25, -0.2) is 4.79 Å². The van der Waals surface area contributed by atoms with Gasteiger partial charge in [0, 0.05) is 17.2 Å². The van der Waals surface area contributed by atoms with Crippen LogP contribution >= 0.6 is 24.2 Å². The minimum absolute atomic E-state index is 0.154. The molecule has 5 N–H and O–H groups in total. The lowest BCUT2D eigenvalue weighted by molar-refractivity contribution is -0.127. The fourth-order valence-corrected chi connectivity index (χ4v) is 2.64. The summed E-state index contributed by atoms with van der Waals surface area (Å²) in [5, 5.41) is 2.68. The number of primary amides is 2. The summed E-state index contributed by atoms with van der Waals surface area (Å²) in [6.45, 7) is 2.24. The maximum atomic E-state index is 10.9. The third kappa shape index (κ3) is 12.6. The Morgan fingerprint density at radius 2 is 1.88 bits per heavy atom. The molecule has 1 rings (SSSR count). The zero-order valence-corrected chi connectivity index (χ0v) is 16.7. The van der Waals surface area contributed by atoms with Crippen LogP contribution in [0, 0.1) is 5.92 Å². The molecule has 1 atom stereocenters. The first-order valence-corrected chi connectivity index (χ1v) is 9.55. The smallest absolute Gasteiger partial charge is 0.318 e. The zero-order valence-electron chi connectivity index (χ0n) is 15.0. The molecule has 1 aromatic rings. The predicted octanol–water partition coefficient (Wildman–Crippen LogP) is 3.07. The molecule has 0 bridgehead atoms. The van der Waals surface area contributed by atoms with E-state index in [1.54, 1.807) is 0 Å². The van der Waals surface area contributed by atoms with Crippen molar-refractivity contribution in [3.63, 3.8) is 0 Å². The SMILES string of the molecule is CCCCCCc1cccc(Cl)c1.NC(=O)NC(=O)CC(CS)C(N)=O. The molecule has 0 aliphatic rings. The number of hydrogen-bond donors (Lipinski definition) is 4. The lowest BCUT2D eigenvalue weighted by atomic mass is 10.1. The van der Waals surface area contributed by atoms with Crippen LogP contribution in [0.5, 0.6) is 0 Å². The number of nitrogens with one attached hydrogen (secondary N) is 1. The summed E-state index contributed by atoms with van der Waals surface area (Å²) in [7, 11) is 0. The number of carbonyl (C=O) groups excluding carboxylic acids is 3. The van der Waals surface area contributed by atoms with E-state index in [1.165, 1.54) is 37.7 Å². The average Bonchev–Trinajstić information content (AvgIpc) is 2.56. The van der Waals surface area contributed by atoms with Crippen LogP contribution in [0.15, 0.2) is 24.3 Å². The van der Waals surface area contributed by atoms with Gasteiger partial charge in [-0.2, -0.15) is 12.6 Å². The number of thiol groups is 1. The number of imide groups is 1. The zero-order chi connectivity index (χ0) is 19.9. The molecule has 0 spiro atoms. The molecule has 0 aromatic heterocycles. The molecule has 0 fully saturated rings. The summed E-state index contributed by atoms with van der Waals surface area (Å²) >= 11 is 9.71. The summed E-state index contributed by atoms with van der Waals surface area (Å²) in [5.74, 6) is -1.79. The molecule has 0 saturated heterocycles. The summed E-state index contributed by atoms with van der Waals surface area (Å²) in [5.41, 5.74) is 11.0. The molecule has 146 valence electrons. The molecule has 1 aromatic carbocycles. The van der Waals surface area contributed by atoms with Gasteiger partial charge < -0.3 is 11.5 Å². The molecular weight excluding hydrogens is 374 g/mol. The van der Waals surface area contributed by atoms with Crippen molar-refractivity contribution in [2.75, 3.05) is 5.75 Å². The Balaban J connectivity index is 0.000000481. The van der Waals surface area contributed by atoms with Crippen molar-refractivity contribution in [1.29, 1.82) is 0 Å². The van der Waals surface area contributed by atoms with Crippen molar-refractivity contribution in [2.45, 2.75) is 45.4 Å². The number of carbonyl (C=O) groups is 3. The fourth-order valence-electron chi connectivity index (χ4n) is 2.12. The predicted molar refractivity (Wildman–Crippen MR) is 108 cm³/mol. The van der Waals surface area contributed by atoms with Gasteiger partial charge in [-0.15, -0.1) is 0 Å². The van der Waals surface area contributed by atoms with Crippen molar-refractivity contribution in [3.8, 4) is 0 Å². The van der Waals surface area contributed by atoms with Gasteiger partial charge in [-0.3, -0.25) is 14.9 Å². The molecule has 0 saturated carbocycles. The summed E-state index contributed by atoms with van der Waals surface area (Å²) in [6.07, 6.45) is 6.26. The number of rotatable bonds is 9. The van der Waals surface area contributed by atoms with Crippen LogP contribution < -0.4 is 16.8 Å². The number of halogens is 1. The molecule has 0 aliphatic carbocycles. The number of aryl methyl sites for hydroxylation is 1. The van der Waals surface area contributed by atoms with Gasteiger partial charge in [-0.05, 0) is 30.5 Å². The molecule has 6 nitrogen and oxygen atoms in total. The van der Waals surface area contributed by atoms with E-state index >= 15 is 0 Å². The van der Waals surface area contributed by atoms with Crippen LogP contribution in [-0.4, -0.2) is 23.6 Å². The third-order valence-electron chi connectivity index (χ3n) is 3.53. The highest BCUT2D eigenvalue weighted by molar-refractivity contribution is 7.80. The standard InChI is InChI=1S/C12H17Cl.C6H11N3O3S/c1-2-3-4-5-7-11-8-6-9-12(13)10-11;7-5(11)3(2-13)1-4(10)9-6(8)12/h6,8-10H,2-5,7H2,1H3;3,13H,1-2H2,(H2,7,11)(H3,8,9,10,12). The summed E-state index contributed by atoms with van der Waals surface area (Å²) in [6, 6.07) is 7.22. The van der Waals surface area contributed by atoms with Crippen molar-refractivity contribution in [3.05, 3.63) is 34.9 Å². The van der Waals surface area contributed by atoms with Crippen LogP contribution in [0.25, 0.3) is 0 Å². The number of unbranched alkanes of at least 4 members (excludes halogenated alkanes) is 3. The highest BCUT2D eigenvalue weighted by Gasteiger charge is 2.18. The molecule has 4 amide bonds. The molecule has 8 heteroatoms. The second-order valence-corrected chi connectivity index (χ2v) is 6.64. The van der Waals surface area contributed by atoms with Crippen molar-refractivity contribution >= 4 is 42.1 Å². The van der Waals surface area contributed by atoms with Crippen LogP contribution in [-0.2, 0) is 16.0 Å².